The molecule has 7 heteroatoms. The molecule has 3 aromatic carbocycles. The lowest BCUT2D eigenvalue weighted by molar-refractivity contribution is -0.117. The van der Waals surface area contributed by atoms with Crippen molar-refractivity contribution in [3.05, 3.63) is 121 Å². The number of hydrogen-bond acceptors (Lipinski definition) is 6. The molecule has 5 rings (SSSR count). The smallest absolute Gasteiger partial charge is 0.220 e. The SMILES string of the molecule is C=CC(C1=CC(=O)C(OC)=CC1=O)c1ccccc1.CCN(CC)C(C)CN1c2ccccc2Sc2ccccc21.Cl. The molecule has 2 aliphatic rings. The highest BCUT2D eigenvalue weighted by Gasteiger charge is 2.27. The Labute approximate surface area is 260 Å². The monoisotopic (exact) mass is 602 g/mol. The van der Waals surface area contributed by atoms with Gasteiger partial charge in [-0.05, 0) is 55.9 Å². The maximum Gasteiger partial charge on any atom is 0.220 e. The Balaban J connectivity index is 0.000000228. The lowest BCUT2D eigenvalue weighted by Crippen LogP contribution is -2.41. The number of para-hydroxylation sites is 2. The van der Waals surface area contributed by atoms with Crippen LogP contribution in [0.4, 0.5) is 11.4 Å². The number of ether oxygens (including phenoxy) is 1. The van der Waals surface area contributed by atoms with Crippen molar-refractivity contribution >= 4 is 47.1 Å². The van der Waals surface area contributed by atoms with Gasteiger partial charge >= 0.3 is 0 Å². The number of carbonyl (C=O) groups is 2. The molecule has 0 bridgehead atoms. The molecule has 2 unspecified atom stereocenters. The lowest BCUT2D eigenvalue weighted by atomic mass is 9.85. The third-order valence-corrected chi connectivity index (χ3v) is 8.57. The van der Waals surface area contributed by atoms with Gasteiger partial charge in [0.2, 0.25) is 5.78 Å². The third-order valence-electron chi connectivity index (χ3n) is 7.44. The van der Waals surface area contributed by atoms with Crippen molar-refractivity contribution < 1.29 is 14.3 Å². The summed E-state index contributed by atoms with van der Waals surface area (Å²) in [5.41, 5.74) is 4.03. The molecule has 0 radical (unpaired) electrons. The minimum Gasteiger partial charge on any atom is -0.493 e. The number of fused-ring (bicyclic) bond motifs is 2. The maximum atomic E-state index is 12.1. The maximum absolute atomic E-state index is 12.1. The second-order valence-electron chi connectivity index (χ2n) is 9.88. The highest BCUT2D eigenvalue weighted by molar-refractivity contribution is 7.99. The number of ketones is 2. The zero-order chi connectivity index (χ0) is 29.4. The summed E-state index contributed by atoms with van der Waals surface area (Å²) in [6.45, 7) is 13.8. The molecule has 0 amide bonds. The van der Waals surface area contributed by atoms with Crippen LogP contribution in [0.25, 0.3) is 0 Å². The average molecular weight is 603 g/mol. The zero-order valence-electron chi connectivity index (χ0n) is 24.7. The molecule has 0 saturated carbocycles. The average Bonchev–Trinajstić information content (AvgIpc) is 3.00. The summed E-state index contributed by atoms with van der Waals surface area (Å²) < 4.78 is 4.86. The molecular weight excluding hydrogens is 564 g/mol. The molecular formula is C35H39ClN2O3S. The summed E-state index contributed by atoms with van der Waals surface area (Å²) in [6, 6.07) is 27.5. The molecule has 5 nitrogen and oxygen atoms in total. The predicted molar refractivity (Wildman–Crippen MR) is 176 cm³/mol. The van der Waals surface area contributed by atoms with E-state index < -0.39 is 0 Å². The van der Waals surface area contributed by atoms with Crippen LogP contribution in [0.1, 0.15) is 32.3 Å². The highest BCUT2D eigenvalue weighted by Crippen LogP contribution is 2.47. The molecule has 0 spiro atoms. The van der Waals surface area contributed by atoms with Crippen LogP contribution in [-0.4, -0.2) is 49.3 Å². The molecule has 0 aromatic heterocycles. The normalized spacial score (nSPS) is 15.1. The third kappa shape index (κ3) is 7.43. The van der Waals surface area contributed by atoms with Crippen LogP contribution in [0.5, 0.6) is 0 Å². The number of halogens is 1. The van der Waals surface area contributed by atoms with E-state index in [9.17, 15) is 9.59 Å². The zero-order valence-corrected chi connectivity index (χ0v) is 26.3. The largest absolute Gasteiger partial charge is 0.493 e. The Morgan fingerprint density at radius 1 is 0.857 bits per heavy atom. The van der Waals surface area contributed by atoms with E-state index in [1.54, 1.807) is 6.08 Å². The first kappa shape index (κ1) is 32.9. The van der Waals surface area contributed by atoms with E-state index in [1.165, 1.54) is 40.4 Å². The van der Waals surface area contributed by atoms with Crippen LogP contribution >= 0.6 is 24.2 Å². The minimum atomic E-state index is -0.292. The number of allylic oxidation sites excluding steroid dienone is 4. The fourth-order valence-electron chi connectivity index (χ4n) is 5.27. The molecule has 0 N–H and O–H groups in total. The molecule has 42 heavy (non-hydrogen) atoms. The van der Waals surface area contributed by atoms with Gasteiger partial charge < -0.3 is 9.64 Å². The first-order valence-corrected chi connectivity index (χ1v) is 14.8. The number of benzene rings is 3. The van der Waals surface area contributed by atoms with Crippen molar-refractivity contribution in [2.24, 2.45) is 0 Å². The first-order valence-electron chi connectivity index (χ1n) is 14.0. The van der Waals surface area contributed by atoms with Gasteiger partial charge in [-0.2, -0.15) is 0 Å². The van der Waals surface area contributed by atoms with Crippen LogP contribution in [-0.2, 0) is 14.3 Å². The van der Waals surface area contributed by atoms with E-state index >= 15 is 0 Å². The van der Waals surface area contributed by atoms with Crippen molar-refractivity contribution in [3.63, 3.8) is 0 Å². The van der Waals surface area contributed by atoms with Gasteiger partial charge in [0, 0.05) is 39.9 Å². The van der Waals surface area contributed by atoms with Crippen molar-refractivity contribution in [3.8, 4) is 0 Å². The topological polar surface area (TPSA) is 49.9 Å². The molecule has 3 aromatic rings. The minimum absolute atomic E-state index is 0. The van der Waals surface area contributed by atoms with Gasteiger partial charge in [0.15, 0.2) is 11.5 Å². The van der Waals surface area contributed by atoms with Crippen molar-refractivity contribution in [1.29, 1.82) is 0 Å². The Hall–Kier alpha value is -3.58. The van der Waals surface area contributed by atoms with Crippen LogP contribution in [0.2, 0.25) is 0 Å². The number of nitrogens with zero attached hydrogens (tertiary/aromatic N) is 2. The fraction of sp³-hybridized carbons (Fsp3) is 0.257. The van der Waals surface area contributed by atoms with E-state index in [1.807, 2.05) is 42.1 Å². The van der Waals surface area contributed by atoms with Crippen LogP contribution < -0.4 is 4.90 Å². The molecule has 0 fully saturated rings. The van der Waals surface area contributed by atoms with Crippen LogP contribution in [0, 0.1) is 0 Å². The van der Waals surface area contributed by atoms with Gasteiger partial charge in [-0.1, -0.05) is 86.3 Å². The Morgan fingerprint density at radius 2 is 1.40 bits per heavy atom. The molecule has 1 aliphatic heterocycles. The number of hydrogen-bond donors (Lipinski definition) is 0. The van der Waals surface area contributed by atoms with E-state index in [2.05, 4.69) is 85.7 Å². The summed E-state index contributed by atoms with van der Waals surface area (Å²) >= 11 is 1.88. The molecule has 1 heterocycles. The van der Waals surface area contributed by atoms with E-state index in [0.717, 1.165) is 25.2 Å². The van der Waals surface area contributed by atoms with Gasteiger partial charge in [0.1, 0.15) is 0 Å². The van der Waals surface area contributed by atoms with E-state index in [0.29, 0.717) is 11.6 Å². The predicted octanol–water partition coefficient (Wildman–Crippen LogP) is 8.01. The van der Waals surface area contributed by atoms with Crippen molar-refractivity contribution in [2.75, 3.05) is 31.6 Å². The van der Waals surface area contributed by atoms with Crippen LogP contribution in [0.3, 0.4) is 0 Å². The fourth-order valence-corrected chi connectivity index (χ4v) is 6.36. The molecule has 0 saturated heterocycles. The van der Waals surface area contributed by atoms with Gasteiger partial charge in [0.25, 0.3) is 0 Å². The number of rotatable bonds is 9. The second-order valence-corrected chi connectivity index (χ2v) is 11.0. The summed E-state index contributed by atoms with van der Waals surface area (Å²) in [7, 11) is 1.37. The number of methoxy groups -OCH3 is 1. The summed E-state index contributed by atoms with van der Waals surface area (Å²) in [5.74, 6) is -0.720. The summed E-state index contributed by atoms with van der Waals surface area (Å²) in [4.78, 5) is 31.6. The van der Waals surface area contributed by atoms with Crippen molar-refractivity contribution in [1.82, 2.24) is 4.90 Å². The lowest BCUT2D eigenvalue weighted by Gasteiger charge is -2.37. The molecule has 2 atom stereocenters. The molecule has 220 valence electrons. The van der Waals surface area contributed by atoms with Gasteiger partial charge in [-0.3, -0.25) is 14.5 Å². The molecule has 1 aliphatic carbocycles. The van der Waals surface area contributed by atoms with Crippen molar-refractivity contribution in [2.45, 2.75) is 42.5 Å². The highest BCUT2D eigenvalue weighted by atomic mass is 35.5. The van der Waals surface area contributed by atoms with Gasteiger partial charge in [-0.25, -0.2) is 0 Å². The number of anilines is 2. The number of carbonyl (C=O) groups excluding carboxylic acids is 2. The quantitative estimate of drug-likeness (QED) is 0.183. The standard InChI is InChI=1S/C19H24N2S.C16H14O3.ClH/c1-4-20(5-2)15(3)14-21-16-10-6-8-12-18(16)22-19-13-9-7-11-17(19)21;1-3-12(11-7-5-4-6-8-11)13-9-15(18)16(19-2)10-14(13)17;/h6-13,15H,4-5,14H2,1-3H3;3-10,12H,1H2,2H3;1H. The summed E-state index contributed by atoms with van der Waals surface area (Å²) in [6.07, 6.45) is 4.23. The summed E-state index contributed by atoms with van der Waals surface area (Å²) in [5, 5.41) is 0. The Bertz CT molecular complexity index is 1400. The van der Waals surface area contributed by atoms with Crippen LogP contribution in [0.15, 0.2) is 125 Å². The Kier molecular flexibility index (Phi) is 12.2. The van der Waals surface area contributed by atoms with Gasteiger partial charge in [-0.15, -0.1) is 19.0 Å². The van der Waals surface area contributed by atoms with E-state index in [-0.39, 0.29) is 35.7 Å². The van der Waals surface area contributed by atoms with Gasteiger partial charge in [0.05, 0.1) is 18.5 Å². The number of likely N-dealkylation sites (N-methyl/N-ethyl adjacent to an activating group) is 1. The second kappa shape index (κ2) is 15.6. The first-order chi connectivity index (χ1) is 19.9. The van der Waals surface area contributed by atoms with E-state index in [4.69, 9.17) is 4.74 Å². The Morgan fingerprint density at radius 3 is 1.93 bits per heavy atom.